The largest absolute Gasteiger partial charge is 0.397 e. The molecule has 45 heavy (non-hydrogen) atoms. The number of amides is 1. The Balaban J connectivity index is 1.06. The SMILES string of the molecule is CC(C)N(C[C@H]1O[C@@H](n2cnc3c(N)ncnc32)[C@@H]2OC(C)(C)O[C@@H]21)[C@H]1C[C@@H](CCC(=O)Nc2ccc(C(C)(C)C)cc2N)C1. The van der Waals surface area contributed by atoms with Gasteiger partial charge in [0.05, 0.1) is 17.7 Å². The van der Waals surface area contributed by atoms with E-state index < -0.39 is 12.0 Å². The van der Waals surface area contributed by atoms with Gasteiger partial charge in [0.25, 0.3) is 0 Å². The van der Waals surface area contributed by atoms with E-state index >= 15 is 0 Å². The zero-order chi connectivity index (χ0) is 32.3. The number of imidazole rings is 1. The third-order valence-electron chi connectivity index (χ3n) is 9.49. The van der Waals surface area contributed by atoms with Crippen molar-refractivity contribution in [2.24, 2.45) is 5.92 Å². The molecule has 4 heterocycles. The molecule has 0 radical (unpaired) electrons. The van der Waals surface area contributed by atoms with Crippen LogP contribution in [-0.2, 0) is 24.4 Å². The maximum atomic E-state index is 12.8. The van der Waals surface area contributed by atoms with E-state index in [0.29, 0.717) is 59.3 Å². The van der Waals surface area contributed by atoms with Crippen LogP contribution in [0.4, 0.5) is 17.2 Å². The van der Waals surface area contributed by atoms with Crippen LogP contribution in [0.2, 0.25) is 0 Å². The molecule has 0 bridgehead atoms. The molecule has 4 atom stereocenters. The van der Waals surface area contributed by atoms with Crippen molar-refractivity contribution < 1.29 is 19.0 Å². The van der Waals surface area contributed by atoms with Gasteiger partial charge in [-0.3, -0.25) is 14.3 Å². The minimum absolute atomic E-state index is 0.00244. The Bertz CT molecular complexity index is 1540. The fourth-order valence-corrected chi connectivity index (χ4v) is 6.97. The monoisotopic (exact) mass is 620 g/mol. The Kier molecular flexibility index (Phi) is 8.30. The van der Waals surface area contributed by atoms with Gasteiger partial charge in [-0.2, -0.15) is 0 Å². The van der Waals surface area contributed by atoms with E-state index in [-0.39, 0.29) is 29.6 Å². The van der Waals surface area contributed by atoms with Crippen molar-refractivity contribution in [1.82, 2.24) is 24.4 Å². The van der Waals surface area contributed by atoms with Crippen LogP contribution in [-0.4, -0.2) is 73.1 Å². The van der Waals surface area contributed by atoms with Crippen LogP contribution in [0.25, 0.3) is 11.2 Å². The molecule has 244 valence electrons. The summed E-state index contributed by atoms with van der Waals surface area (Å²) in [6.45, 7) is 15.5. The van der Waals surface area contributed by atoms with E-state index in [9.17, 15) is 4.79 Å². The second-order valence-corrected chi connectivity index (χ2v) is 14.6. The highest BCUT2D eigenvalue weighted by molar-refractivity contribution is 5.93. The number of carbonyl (C=O) groups excluding carboxylic acids is 1. The summed E-state index contributed by atoms with van der Waals surface area (Å²) in [6, 6.07) is 6.63. The fraction of sp³-hybridized carbons (Fsp3) is 0.636. The number of nitrogens with two attached hydrogens (primary N) is 2. The van der Waals surface area contributed by atoms with Gasteiger partial charge >= 0.3 is 0 Å². The lowest BCUT2D eigenvalue weighted by Gasteiger charge is -2.46. The van der Waals surface area contributed by atoms with Crippen molar-refractivity contribution in [3.8, 4) is 0 Å². The van der Waals surface area contributed by atoms with Gasteiger partial charge < -0.3 is 31.0 Å². The van der Waals surface area contributed by atoms with Gasteiger partial charge in [-0.1, -0.05) is 26.8 Å². The first-order valence-electron chi connectivity index (χ1n) is 16.1. The number of nitrogens with zero attached hydrogens (tertiary/aromatic N) is 5. The number of hydrogen-bond acceptors (Lipinski definition) is 10. The molecule has 2 aliphatic heterocycles. The third-order valence-corrected chi connectivity index (χ3v) is 9.49. The Morgan fingerprint density at radius 3 is 2.56 bits per heavy atom. The number of fused-ring (bicyclic) bond motifs is 2. The number of hydrogen-bond donors (Lipinski definition) is 3. The van der Waals surface area contributed by atoms with E-state index in [1.807, 2.05) is 36.6 Å². The molecular formula is C33H48N8O4. The minimum atomic E-state index is -0.732. The third kappa shape index (κ3) is 6.38. The molecule has 0 spiro atoms. The molecule has 5 N–H and O–H groups in total. The number of rotatable bonds is 9. The van der Waals surface area contributed by atoms with Crippen molar-refractivity contribution in [2.75, 3.05) is 23.3 Å². The van der Waals surface area contributed by atoms with Crippen molar-refractivity contribution in [1.29, 1.82) is 0 Å². The summed E-state index contributed by atoms with van der Waals surface area (Å²) in [4.78, 5) is 28.2. The van der Waals surface area contributed by atoms with Crippen molar-refractivity contribution in [3.63, 3.8) is 0 Å². The standard InChI is InChI=1S/C33H48N8O4/c1-18(2)40(21-12-19(13-21)8-11-25(42)39-23-10-9-20(14-22(23)34)32(3,4)5)15-24-27-28(45-33(6,7)44-27)31(43-24)41-17-38-26-29(35)36-16-37-30(26)41/h9-10,14,16-19,21,24,27-28,31H,8,11-13,15,34H2,1-7H3,(H,39,42)(H2,35,36,37)/t19-,21+,24-,27-,28-,31-/m1/s1. The van der Waals surface area contributed by atoms with Gasteiger partial charge in [0.2, 0.25) is 5.91 Å². The lowest BCUT2D eigenvalue weighted by molar-refractivity contribution is -0.199. The molecule has 1 saturated carbocycles. The summed E-state index contributed by atoms with van der Waals surface area (Å²) in [5.41, 5.74) is 15.9. The molecule has 6 rings (SSSR count). The summed E-state index contributed by atoms with van der Waals surface area (Å²) in [7, 11) is 0. The summed E-state index contributed by atoms with van der Waals surface area (Å²) >= 11 is 0. The summed E-state index contributed by atoms with van der Waals surface area (Å²) in [5, 5.41) is 3.01. The highest BCUT2D eigenvalue weighted by Gasteiger charge is 2.57. The highest BCUT2D eigenvalue weighted by Crippen LogP contribution is 2.45. The first kappa shape index (κ1) is 31.7. The number of anilines is 3. The molecule has 2 saturated heterocycles. The number of benzene rings is 1. The lowest BCUT2D eigenvalue weighted by Crippen LogP contribution is -2.52. The molecule has 3 aliphatic rings. The summed E-state index contributed by atoms with van der Waals surface area (Å²) in [5.74, 6) is 0.103. The molecular weight excluding hydrogens is 572 g/mol. The van der Waals surface area contributed by atoms with Gasteiger partial charge in [-0.05, 0) is 76.0 Å². The minimum Gasteiger partial charge on any atom is -0.397 e. The number of nitrogens with one attached hydrogen (secondary N) is 1. The van der Waals surface area contributed by atoms with Crippen molar-refractivity contribution in [3.05, 3.63) is 36.4 Å². The average Bonchev–Trinajstić information content (AvgIpc) is 3.59. The number of nitrogen functional groups attached to an aromatic ring is 2. The van der Waals surface area contributed by atoms with Crippen LogP contribution in [0.5, 0.6) is 0 Å². The smallest absolute Gasteiger partial charge is 0.224 e. The van der Waals surface area contributed by atoms with E-state index in [1.165, 1.54) is 6.33 Å². The molecule has 0 unspecified atom stereocenters. The molecule has 1 aromatic carbocycles. The molecule has 3 fully saturated rings. The van der Waals surface area contributed by atoms with Crippen LogP contribution in [0.15, 0.2) is 30.9 Å². The van der Waals surface area contributed by atoms with Gasteiger partial charge in [0.15, 0.2) is 23.5 Å². The quantitative estimate of drug-likeness (QED) is 0.289. The van der Waals surface area contributed by atoms with Gasteiger partial charge in [-0.15, -0.1) is 0 Å². The number of ether oxygens (including phenoxy) is 3. The lowest BCUT2D eigenvalue weighted by atomic mass is 9.76. The summed E-state index contributed by atoms with van der Waals surface area (Å²) < 4.78 is 21.3. The van der Waals surface area contributed by atoms with E-state index in [4.69, 9.17) is 25.7 Å². The molecule has 12 nitrogen and oxygen atoms in total. The fourth-order valence-electron chi connectivity index (χ4n) is 6.97. The topological polar surface area (TPSA) is 156 Å². The van der Waals surface area contributed by atoms with Crippen LogP contribution in [0.3, 0.4) is 0 Å². The molecule has 1 amide bonds. The Morgan fingerprint density at radius 1 is 1.13 bits per heavy atom. The Labute approximate surface area is 265 Å². The maximum absolute atomic E-state index is 12.8. The normalized spacial score (nSPS) is 27.7. The van der Waals surface area contributed by atoms with Crippen LogP contribution in [0.1, 0.15) is 85.9 Å². The van der Waals surface area contributed by atoms with Crippen molar-refractivity contribution >= 4 is 34.3 Å². The Hall–Kier alpha value is -3.32. The van der Waals surface area contributed by atoms with E-state index in [2.05, 4.69) is 59.8 Å². The molecule has 1 aliphatic carbocycles. The second-order valence-electron chi connectivity index (χ2n) is 14.6. The zero-order valence-corrected chi connectivity index (χ0v) is 27.5. The van der Waals surface area contributed by atoms with Gasteiger partial charge in [0.1, 0.15) is 30.2 Å². The van der Waals surface area contributed by atoms with E-state index in [1.54, 1.807) is 6.33 Å². The predicted octanol–water partition coefficient (Wildman–Crippen LogP) is 4.61. The second kappa shape index (κ2) is 11.8. The van der Waals surface area contributed by atoms with Crippen LogP contribution < -0.4 is 16.8 Å². The first-order chi connectivity index (χ1) is 21.2. The van der Waals surface area contributed by atoms with Gasteiger partial charge in [0, 0.05) is 25.0 Å². The first-order valence-corrected chi connectivity index (χ1v) is 16.1. The Morgan fingerprint density at radius 2 is 1.87 bits per heavy atom. The highest BCUT2D eigenvalue weighted by atomic mass is 16.8. The van der Waals surface area contributed by atoms with Gasteiger partial charge in [-0.25, -0.2) is 15.0 Å². The maximum Gasteiger partial charge on any atom is 0.224 e. The van der Waals surface area contributed by atoms with Crippen LogP contribution in [0, 0.1) is 5.92 Å². The van der Waals surface area contributed by atoms with Crippen LogP contribution >= 0.6 is 0 Å². The number of carbonyl (C=O) groups is 1. The predicted molar refractivity (Wildman–Crippen MR) is 173 cm³/mol. The molecule has 2 aromatic heterocycles. The molecule has 3 aromatic rings. The zero-order valence-electron chi connectivity index (χ0n) is 27.5. The molecule has 12 heteroatoms. The van der Waals surface area contributed by atoms with Crippen molar-refractivity contribution in [2.45, 2.75) is 122 Å². The average molecular weight is 621 g/mol. The summed E-state index contributed by atoms with van der Waals surface area (Å²) in [6.07, 6.45) is 5.32. The van der Waals surface area contributed by atoms with E-state index in [0.717, 1.165) is 24.8 Å². The number of aromatic nitrogens is 4.